The normalized spacial score (nSPS) is 16.0. The number of ether oxygens (including phenoxy) is 2. The summed E-state index contributed by atoms with van der Waals surface area (Å²) in [6, 6.07) is 4.70. The molecule has 0 bridgehead atoms. The highest BCUT2D eigenvalue weighted by Gasteiger charge is 2.41. The quantitative estimate of drug-likeness (QED) is 0.770. The monoisotopic (exact) mass is 367 g/mol. The van der Waals surface area contributed by atoms with Crippen molar-refractivity contribution in [2.75, 3.05) is 27.3 Å². The fourth-order valence-electron chi connectivity index (χ4n) is 2.56. The predicted octanol–water partition coefficient (Wildman–Crippen LogP) is 2.00. The summed E-state index contributed by atoms with van der Waals surface area (Å²) in [7, 11) is -0.768. The van der Waals surface area contributed by atoms with E-state index in [1.165, 1.54) is 24.6 Å². The fraction of sp³-hybridized carbons (Fsp3) is 0.500. The zero-order valence-electron chi connectivity index (χ0n) is 14.6. The van der Waals surface area contributed by atoms with Crippen LogP contribution in [0, 0.1) is 0 Å². The van der Waals surface area contributed by atoms with Gasteiger partial charge in [-0.25, -0.2) is 8.42 Å². The van der Waals surface area contributed by atoms with Gasteiger partial charge in [0.25, 0.3) is 0 Å². The van der Waals surface area contributed by atoms with E-state index in [1.54, 1.807) is 12.1 Å². The van der Waals surface area contributed by atoms with Crippen LogP contribution in [0.1, 0.15) is 37.4 Å². The minimum absolute atomic E-state index is 0.0844. The van der Waals surface area contributed by atoms with E-state index in [-0.39, 0.29) is 22.5 Å². The first-order valence-corrected chi connectivity index (χ1v) is 9.36. The van der Waals surface area contributed by atoms with E-state index in [9.17, 15) is 8.42 Å². The highest BCUT2D eigenvalue weighted by molar-refractivity contribution is 7.89. The van der Waals surface area contributed by atoms with Gasteiger partial charge in [0, 0.05) is 25.1 Å². The molecule has 3 rings (SSSR count). The maximum atomic E-state index is 12.9. The van der Waals surface area contributed by atoms with E-state index >= 15 is 0 Å². The van der Waals surface area contributed by atoms with E-state index in [4.69, 9.17) is 14.0 Å². The van der Waals surface area contributed by atoms with Gasteiger partial charge in [-0.15, -0.1) is 0 Å². The zero-order valence-corrected chi connectivity index (χ0v) is 15.4. The van der Waals surface area contributed by atoms with Crippen molar-refractivity contribution < 1.29 is 22.4 Å². The highest BCUT2D eigenvalue weighted by atomic mass is 32.2. The first-order valence-electron chi connectivity index (χ1n) is 7.92. The molecule has 136 valence electrons. The van der Waals surface area contributed by atoms with Gasteiger partial charge in [0.1, 0.15) is 16.4 Å². The highest BCUT2D eigenvalue weighted by Crippen LogP contribution is 2.36. The largest absolute Gasteiger partial charge is 0.497 e. The van der Waals surface area contributed by atoms with Crippen molar-refractivity contribution in [3.8, 4) is 11.5 Å². The van der Waals surface area contributed by atoms with Crippen LogP contribution in [-0.2, 0) is 10.0 Å². The molecule has 0 aliphatic carbocycles. The van der Waals surface area contributed by atoms with E-state index in [2.05, 4.69) is 10.1 Å². The van der Waals surface area contributed by atoms with Gasteiger partial charge in [-0.2, -0.15) is 9.29 Å². The third-order valence-electron chi connectivity index (χ3n) is 4.16. The third-order valence-corrected chi connectivity index (χ3v) is 6.01. The van der Waals surface area contributed by atoms with Gasteiger partial charge >= 0.3 is 0 Å². The molecule has 0 atom stereocenters. The smallest absolute Gasteiger partial charge is 0.246 e. The van der Waals surface area contributed by atoms with Crippen LogP contribution in [-0.4, -0.2) is 50.2 Å². The number of sulfonamides is 1. The number of nitrogens with zero attached hydrogens (tertiary/aromatic N) is 3. The molecule has 1 aromatic carbocycles. The number of methoxy groups -OCH3 is 2. The van der Waals surface area contributed by atoms with Gasteiger partial charge < -0.3 is 14.0 Å². The Bertz CT molecular complexity index is 856. The number of hydrogen-bond acceptors (Lipinski definition) is 7. The van der Waals surface area contributed by atoms with Crippen LogP contribution < -0.4 is 9.47 Å². The molecule has 1 aliphatic heterocycles. The summed E-state index contributed by atoms with van der Waals surface area (Å²) in [4.78, 5) is 4.42. The Morgan fingerprint density at radius 3 is 2.52 bits per heavy atom. The van der Waals surface area contributed by atoms with E-state index in [1.807, 2.05) is 13.8 Å². The van der Waals surface area contributed by atoms with Crippen molar-refractivity contribution in [2.24, 2.45) is 0 Å². The first-order chi connectivity index (χ1) is 11.9. The maximum absolute atomic E-state index is 12.9. The molecule has 0 unspecified atom stereocenters. The first kappa shape index (κ1) is 17.7. The van der Waals surface area contributed by atoms with Crippen LogP contribution in [0.5, 0.6) is 11.5 Å². The predicted molar refractivity (Wildman–Crippen MR) is 89.4 cm³/mol. The molecule has 2 heterocycles. The second-order valence-corrected chi connectivity index (χ2v) is 8.09. The lowest BCUT2D eigenvalue weighted by Crippen LogP contribution is -2.48. The van der Waals surface area contributed by atoms with Crippen LogP contribution in [0.15, 0.2) is 27.6 Å². The van der Waals surface area contributed by atoms with Crippen molar-refractivity contribution in [3.63, 3.8) is 0 Å². The molecule has 0 N–H and O–H groups in total. The minimum atomic E-state index is -3.69. The number of rotatable bonds is 6. The average Bonchev–Trinajstić information content (AvgIpc) is 3.02. The lowest BCUT2D eigenvalue weighted by molar-refractivity contribution is 0.216. The van der Waals surface area contributed by atoms with Gasteiger partial charge in [-0.1, -0.05) is 19.0 Å². The molecule has 0 amide bonds. The second-order valence-electron chi connectivity index (χ2n) is 6.18. The Hall–Kier alpha value is -2.13. The SMILES string of the molecule is COc1ccc(OC)c(S(=O)(=O)N2CC(c3nc(C(C)C)no3)C2)c1. The number of benzene rings is 1. The molecule has 0 radical (unpaired) electrons. The summed E-state index contributed by atoms with van der Waals surface area (Å²) in [6.45, 7) is 4.54. The van der Waals surface area contributed by atoms with Gasteiger partial charge in [0.15, 0.2) is 5.82 Å². The lowest BCUT2D eigenvalue weighted by atomic mass is 10.0. The van der Waals surface area contributed by atoms with Gasteiger partial charge in [0.05, 0.1) is 20.1 Å². The summed E-state index contributed by atoms with van der Waals surface area (Å²) in [5.74, 6) is 1.92. The molecule has 1 aliphatic rings. The van der Waals surface area contributed by atoms with Gasteiger partial charge in [-0.05, 0) is 12.1 Å². The van der Waals surface area contributed by atoms with E-state index < -0.39 is 10.0 Å². The Morgan fingerprint density at radius 1 is 1.24 bits per heavy atom. The third kappa shape index (κ3) is 3.21. The van der Waals surface area contributed by atoms with Crippen LogP contribution in [0.2, 0.25) is 0 Å². The van der Waals surface area contributed by atoms with Gasteiger partial charge in [0.2, 0.25) is 15.9 Å². The molecule has 25 heavy (non-hydrogen) atoms. The molecule has 1 fully saturated rings. The Kier molecular flexibility index (Phi) is 4.70. The topological polar surface area (TPSA) is 94.8 Å². The van der Waals surface area contributed by atoms with Crippen molar-refractivity contribution in [1.29, 1.82) is 0 Å². The van der Waals surface area contributed by atoms with Gasteiger partial charge in [-0.3, -0.25) is 0 Å². The van der Waals surface area contributed by atoms with Crippen LogP contribution in [0.4, 0.5) is 0 Å². The van der Waals surface area contributed by atoms with Crippen molar-refractivity contribution in [2.45, 2.75) is 30.6 Å². The second kappa shape index (κ2) is 6.64. The van der Waals surface area contributed by atoms with Crippen molar-refractivity contribution >= 4 is 10.0 Å². The molecule has 0 spiro atoms. The Balaban J connectivity index is 1.79. The molecule has 1 saturated heterocycles. The molecular weight excluding hydrogens is 346 g/mol. The Labute approximate surface area is 146 Å². The summed E-state index contributed by atoms with van der Waals surface area (Å²) >= 11 is 0. The van der Waals surface area contributed by atoms with Crippen molar-refractivity contribution in [3.05, 3.63) is 29.9 Å². The summed E-state index contributed by atoms with van der Waals surface area (Å²) in [5.41, 5.74) is 0. The van der Waals surface area contributed by atoms with E-state index in [0.717, 1.165) is 0 Å². The Morgan fingerprint density at radius 2 is 1.96 bits per heavy atom. The van der Waals surface area contributed by atoms with Crippen LogP contribution >= 0.6 is 0 Å². The lowest BCUT2D eigenvalue weighted by Gasteiger charge is -2.36. The minimum Gasteiger partial charge on any atom is -0.497 e. The molecule has 8 nitrogen and oxygen atoms in total. The maximum Gasteiger partial charge on any atom is 0.246 e. The summed E-state index contributed by atoms with van der Waals surface area (Å²) in [5, 5.41) is 3.92. The number of hydrogen-bond donors (Lipinski definition) is 0. The average molecular weight is 367 g/mol. The summed E-state index contributed by atoms with van der Waals surface area (Å²) in [6.07, 6.45) is 0. The molecule has 2 aromatic rings. The molecular formula is C16H21N3O5S. The molecule has 1 aromatic heterocycles. The summed E-state index contributed by atoms with van der Waals surface area (Å²) < 4.78 is 42.7. The standard InChI is InChI=1S/C16H21N3O5S/c1-10(2)15-17-16(24-18-15)11-8-19(9-11)25(20,21)14-7-12(22-3)5-6-13(14)23-4/h5-7,10-11H,8-9H2,1-4H3. The van der Waals surface area contributed by atoms with Crippen LogP contribution in [0.25, 0.3) is 0 Å². The van der Waals surface area contributed by atoms with Crippen LogP contribution in [0.3, 0.4) is 0 Å². The fourth-order valence-corrected chi connectivity index (χ4v) is 4.26. The molecule has 0 saturated carbocycles. The van der Waals surface area contributed by atoms with Crippen molar-refractivity contribution in [1.82, 2.24) is 14.4 Å². The molecule has 9 heteroatoms. The zero-order chi connectivity index (χ0) is 18.2. The van der Waals surface area contributed by atoms with E-state index in [0.29, 0.717) is 30.6 Å². The number of aromatic nitrogens is 2.